The van der Waals surface area contributed by atoms with Gasteiger partial charge in [-0.3, -0.25) is 10.1 Å². The lowest BCUT2D eigenvalue weighted by Crippen LogP contribution is -2.45. The molecule has 0 atom stereocenters. The Morgan fingerprint density at radius 1 is 1.43 bits per heavy atom. The molecule has 2 rings (SSSR count). The number of anilines is 1. The molecule has 8 heteroatoms. The summed E-state index contributed by atoms with van der Waals surface area (Å²) in [5.41, 5.74) is 6.63. The van der Waals surface area contributed by atoms with Crippen LogP contribution in [0.3, 0.4) is 0 Å². The van der Waals surface area contributed by atoms with Gasteiger partial charge in [-0.05, 0) is 12.1 Å². The van der Waals surface area contributed by atoms with Gasteiger partial charge in [0.1, 0.15) is 0 Å². The van der Waals surface area contributed by atoms with Crippen molar-refractivity contribution in [2.75, 3.05) is 31.3 Å². The molecule has 2 N–H and O–H groups in total. The molecule has 1 aromatic rings. The van der Waals surface area contributed by atoms with E-state index in [0.717, 1.165) is 0 Å². The van der Waals surface area contributed by atoms with E-state index in [0.29, 0.717) is 38.0 Å². The molecule has 0 aliphatic carbocycles. The Morgan fingerprint density at radius 3 is 2.57 bits per heavy atom. The summed E-state index contributed by atoms with van der Waals surface area (Å²) in [6.07, 6.45) is 1.49. The van der Waals surface area contributed by atoms with Gasteiger partial charge in [0.05, 0.1) is 23.8 Å². The van der Waals surface area contributed by atoms with Crippen LogP contribution < -0.4 is 10.7 Å². The van der Waals surface area contributed by atoms with Crippen molar-refractivity contribution >= 4 is 17.3 Å². The van der Waals surface area contributed by atoms with Crippen molar-refractivity contribution in [2.45, 2.75) is 0 Å². The predicted molar refractivity (Wildman–Crippen MR) is 79.8 cm³/mol. The molecule has 0 spiro atoms. The zero-order valence-corrected chi connectivity index (χ0v) is 11.5. The Morgan fingerprint density at radius 2 is 2.05 bits per heavy atom. The van der Waals surface area contributed by atoms with Crippen LogP contribution in [0, 0.1) is 10.1 Å². The fraction of sp³-hybridized carbons (Fsp3) is 0.308. The molecule has 1 aliphatic heterocycles. The fourth-order valence-corrected chi connectivity index (χ4v) is 1.90. The number of nitrogens with two attached hydrogens (primary N) is 1. The monoisotopic (exact) mass is 291 g/mol. The maximum atomic E-state index is 10.6. The summed E-state index contributed by atoms with van der Waals surface area (Å²) < 4.78 is 5.25. The van der Waals surface area contributed by atoms with Gasteiger partial charge >= 0.3 is 0 Å². The summed E-state index contributed by atoms with van der Waals surface area (Å²) in [6.45, 7) is 6.27. The van der Waals surface area contributed by atoms with E-state index in [1.165, 1.54) is 23.3 Å². The van der Waals surface area contributed by atoms with Crippen LogP contribution in [0.4, 0.5) is 11.4 Å². The minimum Gasteiger partial charge on any atom is -0.378 e. The number of hydrazone groups is 1. The lowest BCUT2D eigenvalue weighted by Gasteiger charge is -2.28. The topological polar surface area (TPSA) is 97.2 Å². The minimum absolute atomic E-state index is 0.0212. The van der Waals surface area contributed by atoms with Crippen molar-refractivity contribution in [3.8, 4) is 0 Å². The number of rotatable bonds is 4. The summed E-state index contributed by atoms with van der Waals surface area (Å²) in [5, 5.41) is 16.4. The highest BCUT2D eigenvalue weighted by molar-refractivity contribution is 5.79. The molecule has 21 heavy (non-hydrogen) atoms. The van der Waals surface area contributed by atoms with E-state index in [2.05, 4.69) is 11.7 Å². The first kappa shape index (κ1) is 14.8. The second kappa shape index (κ2) is 6.71. The maximum Gasteiger partial charge on any atom is 0.269 e. The first-order valence-electron chi connectivity index (χ1n) is 6.45. The summed E-state index contributed by atoms with van der Waals surface area (Å²) in [7, 11) is 0. The second-order valence-corrected chi connectivity index (χ2v) is 4.36. The predicted octanol–water partition coefficient (Wildman–Crippen LogP) is 1.11. The van der Waals surface area contributed by atoms with Gasteiger partial charge in [-0.25, -0.2) is 5.01 Å². The molecule has 0 radical (unpaired) electrons. The van der Waals surface area contributed by atoms with Crippen LogP contribution in [0.15, 0.2) is 42.1 Å². The van der Waals surface area contributed by atoms with Crippen molar-refractivity contribution in [1.29, 1.82) is 0 Å². The molecular weight excluding hydrogens is 274 g/mol. The van der Waals surface area contributed by atoms with Crippen molar-refractivity contribution in [1.82, 2.24) is 4.90 Å². The number of non-ortho nitro benzene ring substituents is 1. The van der Waals surface area contributed by atoms with Crippen LogP contribution in [-0.4, -0.2) is 42.1 Å². The van der Waals surface area contributed by atoms with E-state index >= 15 is 0 Å². The molecule has 1 aliphatic rings. The molecule has 1 aromatic carbocycles. The standard InChI is InChI=1S/C13H17N5O3/c1-2-17(11-3-5-12(6-4-11)18(19)20)15-13(14)16-7-9-21-10-8-16/h2-6H,1,7-10H2,(H2,14,15). The van der Waals surface area contributed by atoms with E-state index in [4.69, 9.17) is 10.5 Å². The Bertz CT molecular complexity index is 537. The summed E-state index contributed by atoms with van der Waals surface area (Å²) >= 11 is 0. The highest BCUT2D eigenvalue weighted by Crippen LogP contribution is 2.20. The molecule has 8 nitrogen and oxygen atoms in total. The summed E-state index contributed by atoms with van der Waals surface area (Å²) in [4.78, 5) is 12.1. The minimum atomic E-state index is -0.451. The molecule has 0 amide bonds. The Balaban J connectivity index is 2.14. The van der Waals surface area contributed by atoms with Gasteiger partial charge in [-0.2, -0.15) is 0 Å². The molecule has 1 fully saturated rings. The summed E-state index contributed by atoms with van der Waals surface area (Å²) in [6, 6.07) is 6.00. The molecule has 1 heterocycles. The van der Waals surface area contributed by atoms with Crippen LogP contribution in [0.25, 0.3) is 0 Å². The third kappa shape index (κ3) is 3.69. The first-order chi connectivity index (χ1) is 10.1. The molecule has 0 aromatic heterocycles. The maximum absolute atomic E-state index is 10.6. The molecule has 112 valence electrons. The third-order valence-corrected chi connectivity index (χ3v) is 3.04. The van der Waals surface area contributed by atoms with E-state index < -0.39 is 4.92 Å². The van der Waals surface area contributed by atoms with Gasteiger partial charge in [0.25, 0.3) is 5.69 Å². The Hall–Kier alpha value is -2.61. The van der Waals surface area contributed by atoms with E-state index in [9.17, 15) is 10.1 Å². The van der Waals surface area contributed by atoms with Crippen molar-refractivity contribution in [2.24, 2.45) is 10.8 Å². The Labute approximate surface area is 122 Å². The SMILES string of the molecule is C=CN(/N=C(\N)N1CCOCC1)c1ccc([N+](=O)[O-])cc1. The lowest BCUT2D eigenvalue weighted by atomic mass is 10.3. The van der Waals surface area contributed by atoms with Gasteiger partial charge in [-0.15, -0.1) is 5.10 Å². The number of nitro benzene ring substituents is 1. The van der Waals surface area contributed by atoms with Crippen LogP contribution >= 0.6 is 0 Å². The van der Waals surface area contributed by atoms with Gasteiger partial charge in [0.2, 0.25) is 5.96 Å². The number of nitro groups is 1. The normalized spacial score (nSPS) is 15.6. The van der Waals surface area contributed by atoms with Gasteiger partial charge < -0.3 is 15.4 Å². The van der Waals surface area contributed by atoms with Crippen LogP contribution in [-0.2, 0) is 4.74 Å². The molecular formula is C13H17N5O3. The molecule has 0 unspecified atom stereocenters. The number of hydrogen-bond acceptors (Lipinski definition) is 5. The van der Waals surface area contributed by atoms with Crippen LogP contribution in [0.1, 0.15) is 0 Å². The lowest BCUT2D eigenvalue weighted by molar-refractivity contribution is -0.384. The van der Waals surface area contributed by atoms with Gasteiger partial charge in [0, 0.05) is 31.4 Å². The molecule has 0 saturated carbocycles. The summed E-state index contributed by atoms with van der Waals surface area (Å²) in [5.74, 6) is 0.358. The zero-order valence-electron chi connectivity index (χ0n) is 11.5. The quantitative estimate of drug-likeness (QED) is 0.386. The number of guanidine groups is 1. The van der Waals surface area contributed by atoms with Crippen molar-refractivity contribution in [3.05, 3.63) is 47.2 Å². The molecule has 0 bridgehead atoms. The fourth-order valence-electron chi connectivity index (χ4n) is 1.90. The van der Waals surface area contributed by atoms with E-state index in [1.54, 1.807) is 12.1 Å². The Kier molecular flexibility index (Phi) is 4.72. The average molecular weight is 291 g/mol. The molecule has 1 saturated heterocycles. The van der Waals surface area contributed by atoms with E-state index in [-0.39, 0.29) is 5.69 Å². The van der Waals surface area contributed by atoms with Gasteiger partial charge in [0.15, 0.2) is 0 Å². The van der Waals surface area contributed by atoms with Crippen molar-refractivity contribution in [3.63, 3.8) is 0 Å². The van der Waals surface area contributed by atoms with Crippen LogP contribution in [0.2, 0.25) is 0 Å². The smallest absolute Gasteiger partial charge is 0.269 e. The highest BCUT2D eigenvalue weighted by atomic mass is 16.6. The number of hydrogen-bond donors (Lipinski definition) is 1. The van der Waals surface area contributed by atoms with Crippen molar-refractivity contribution < 1.29 is 9.66 Å². The van der Waals surface area contributed by atoms with Crippen LogP contribution in [0.5, 0.6) is 0 Å². The number of morpholine rings is 1. The average Bonchev–Trinajstić information content (AvgIpc) is 2.53. The number of benzene rings is 1. The number of nitrogens with zero attached hydrogens (tertiary/aromatic N) is 4. The largest absolute Gasteiger partial charge is 0.378 e. The van der Waals surface area contributed by atoms with Gasteiger partial charge in [-0.1, -0.05) is 6.58 Å². The zero-order chi connectivity index (χ0) is 15.2. The third-order valence-electron chi connectivity index (χ3n) is 3.04. The number of ether oxygens (including phenoxy) is 1. The second-order valence-electron chi connectivity index (χ2n) is 4.36. The van der Waals surface area contributed by atoms with E-state index in [1.807, 2.05) is 4.90 Å². The first-order valence-corrected chi connectivity index (χ1v) is 6.45. The highest BCUT2D eigenvalue weighted by Gasteiger charge is 2.14.